The summed E-state index contributed by atoms with van der Waals surface area (Å²) in [6.45, 7) is 6.04. The van der Waals surface area contributed by atoms with Gasteiger partial charge >= 0.3 is 5.97 Å². The van der Waals surface area contributed by atoms with Crippen LogP contribution in [-0.2, 0) is 20.8 Å². The lowest BCUT2D eigenvalue weighted by Crippen LogP contribution is -2.16. The summed E-state index contributed by atoms with van der Waals surface area (Å²) in [5.41, 5.74) is 2.75. The number of carbonyl (C=O) groups excluding carboxylic acids is 2. The van der Waals surface area contributed by atoms with Crippen LogP contribution in [0.1, 0.15) is 44.9 Å². The predicted molar refractivity (Wildman–Crippen MR) is 111 cm³/mol. The van der Waals surface area contributed by atoms with Crippen molar-refractivity contribution in [3.8, 4) is 5.75 Å². The van der Waals surface area contributed by atoms with Crippen LogP contribution in [0.2, 0.25) is 0 Å². The van der Waals surface area contributed by atoms with Crippen LogP contribution >= 0.6 is 0 Å². The molecule has 1 saturated heterocycles. The Hall–Kier alpha value is -2.64. The second-order valence-corrected chi connectivity index (χ2v) is 7.40. The number of carbonyl (C=O) groups is 2. The summed E-state index contributed by atoms with van der Waals surface area (Å²) >= 11 is 0. The molecule has 1 aliphatic rings. The molecule has 0 aliphatic carbocycles. The molecule has 1 atom stereocenters. The normalized spacial score (nSPS) is 15.9. The first-order chi connectivity index (χ1) is 14.5. The van der Waals surface area contributed by atoms with Crippen molar-refractivity contribution in [1.29, 1.82) is 0 Å². The second-order valence-electron chi connectivity index (χ2n) is 7.40. The van der Waals surface area contributed by atoms with Crippen molar-refractivity contribution in [3.05, 3.63) is 52.8 Å². The number of hydrogen-bond donors (Lipinski definition) is 0. The largest absolute Gasteiger partial charge is 0.491 e. The van der Waals surface area contributed by atoms with Gasteiger partial charge in [-0.1, -0.05) is 0 Å². The number of rotatable bonds is 10. The number of ketones is 1. The average molecular weight is 415 g/mol. The van der Waals surface area contributed by atoms with E-state index in [1.165, 1.54) is 0 Å². The summed E-state index contributed by atoms with van der Waals surface area (Å²) in [4.78, 5) is 24.9. The third kappa shape index (κ3) is 5.49. The van der Waals surface area contributed by atoms with Crippen LogP contribution in [0.3, 0.4) is 0 Å². The van der Waals surface area contributed by atoms with E-state index in [9.17, 15) is 9.59 Å². The minimum atomic E-state index is -0.540. The summed E-state index contributed by atoms with van der Waals surface area (Å²) in [5.74, 6) is -0.0968. The van der Waals surface area contributed by atoms with Crippen molar-refractivity contribution in [2.24, 2.45) is 0 Å². The fourth-order valence-electron chi connectivity index (χ4n) is 3.55. The molecule has 0 amide bonds. The van der Waals surface area contributed by atoms with Gasteiger partial charge in [0.1, 0.15) is 12.4 Å². The van der Waals surface area contributed by atoms with E-state index in [4.69, 9.17) is 18.9 Å². The number of hydrogen-bond acceptors (Lipinski definition) is 6. The molecule has 0 spiro atoms. The number of methoxy groups -OCH3 is 1. The molecule has 3 rings (SSSR count). The van der Waals surface area contributed by atoms with Crippen LogP contribution in [0.25, 0.3) is 0 Å². The van der Waals surface area contributed by atoms with Crippen LogP contribution in [0, 0.1) is 13.8 Å². The van der Waals surface area contributed by atoms with Crippen LogP contribution in [0.4, 0.5) is 0 Å². The summed E-state index contributed by atoms with van der Waals surface area (Å²) < 4.78 is 23.6. The first-order valence-corrected chi connectivity index (χ1v) is 10.2. The van der Waals surface area contributed by atoms with E-state index >= 15 is 0 Å². The van der Waals surface area contributed by atoms with Crippen molar-refractivity contribution in [3.63, 3.8) is 0 Å². The number of Topliss-reactive ketones (excluding diaryl/α,β-unsaturated/α-hetero) is 1. The number of aryl methyl sites for hydroxylation is 1. The van der Waals surface area contributed by atoms with Gasteiger partial charge in [-0.3, -0.25) is 4.79 Å². The van der Waals surface area contributed by atoms with E-state index in [1.807, 2.05) is 24.5 Å². The monoisotopic (exact) mass is 415 g/mol. The van der Waals surface area contributed by atoms with E-state index in [0.29, 0.717) is 36.6 Å². The molecule has 0 bridgehead atoms. The van der Waals surface area contributed by atoms with Crippen molar-refractivity contribution in [2.45, 2.75) is 39.3 Å². The highest BCUT2D eigenvalue weighted by atomic mass is 16.5. The molecule has 2 heterocycles. The maximum Gasteiger partial charge on any atom is 0.338 e. The molecule has 1 aromatic heterocycles. The van der Waals surface area contributed by atoms with Gasteiger partial charge in [0.25, 0.3) is 0 Å². The Kier molecular flexibility index (Phi) is 7.65. The molecule has 1 aliphatic heterocycles. The van der Waals surface area contributed by atoms with Gasteiger partial charge in [0.15, 0.2) is 6.61 Å². The summed E-state index contributed by atoms with van der Waals surface area (Å²) in [7, 11) is 1.64. The van der Waals surface area contributed by atoms with E-state index in [1.54, 1.807) is 31.4 Å². The Morgan fingerprint density at radius 2 is 1.97 bits per heavy atom. The summed E-state index contributed by atoms with van der Waals surface area (Å²) in [5, 5.41) is 0. The van der Waals surface area contributed by atoms with E-state index in [2.05, 4.69) is 0 Å². The molecule has 0 saturated carbocycles. The van der Waals surface area contributed by atoms with E-state index in [0.717, 1.165) is 30.8 Å². The lowest BCUT2D eigenvalue weighted by molar-refractivity contribution is 0.0474. The molecule has 1 fully saturated rings. The zero-order valence-corrected chi connectivity index (χ0v) is 17.8. The zero-order valence-electron chi connectivity index (χ0n) is 17.8. The summed E-state index contributed by atoms with van der Waals surface area (Å²) in [6, 6.07) is 8.53. The fourth-order valence-corrected chi connectivity index (χ4v) is 3.55. The molecule has 0 unspecified atom stereocenters. The molecule has 30 heavy (non-hydrogen) atoms. The first-order valence-electron chi connectivity index (χ1n) is 10.2. The van der Waals surface area contributed by atoms with Crippen LogP contribution in [-0.4, -0.2) is 56.0 Å². The van der Waals surface area contributed by atoms with Gasteiger partial charge in [-0.25, -0.2) is 4.79 Å². The SMILES string of the molecule is COCCn1c(C)cc(C(=O)COC(=O)c2ccc(OC[C@@H]3CCCO3)cc2)c1C. The number of ether oxygens (including phenoxy) is 4. The highest BCUT2D eigenvalue weighted by Gasteiger charge is 2.18. The molecular formula is C23H29NO6. The van der Waals surface area contributed by atoms with Crippen molar-refractivity contribution in [1.82, 2.24) is 4.57 Å². The molecule has 1 aromatic carbocycles. The number of benzene rings is 1. The Labute approximate surface area is 176 Å². The topological polar surface area (TPSA) is 76.0 Å². The lowest BCUT2D eigenvalue weighted by Gasteiger charge is -2.11. The average Bonchev–Trinajstić information content (AvgIpc) is 3.37. The van der Waals surface area contributed by atoms with Gasteiger partial charge in [0.05, 0.1) is 18.3 Å². The molecule has 0 radical (unpaired) electrons. The Bertz CT molecular complexity index is 865. The number of aromatic nitrogens is 1. The van der Waals surface area contributed by atoms with Gasteiger partial charge in [0, 0.05) is 37.2 Å². The van der Waals surface area contributed by atoms with Crippen molar-refractivity contribution in [2.75, 3.05) is 33.5 Å². The Morgan fingerprint density at radius 3 is 2.63 bits per heavy atom. The van der Waals surface area contributed by atoms with Gasteiger partial charge in [-0.15, -0.1) is 0 Å². The van der Waals surface area contributed by atoms with E-state index < -0.39 is 5.97 Å². The molecule has 7 heteroatoms. The smallest absolute Gasteiger partial charge is 0.338 e. The molecule has 7 nitrogen and oxygen atoms in total. The maximum atomic E-state index is 12.6. The number of nitrogens with zero attached hydrogens (tertiary/aromatic N) is 1. The van der Waals surface area contributed by atoms with Crippen LogP contribution < -0.4 is 4.74 Å². The van der Waals surface area contributed by atoms with Gasteiger partial charge < -0.3 is 23.5 Å². The zero-order chi connectivity index (χ0) is 21.5. The lowest BCUT2D eigenvalue weighted by atomic mass is 10.1. The van der Waals surface area contributed by atoms with Gasteiger partial charge in [-0.2, -0.15) is 0 Å². The highest BCUT2D eigenvalue weighted by Crippen LogP contribution is 2.18. The number of esters is 1. The van der Waals surface area contributed by atoms with Crippen LogP contribution in [0.15, 0.2) is 30.3 Å². The van der Waals surface area contributed by atoms with Crippen molar-refractivity contribution >= 4 is 11.8 Å². The predicted octanol–water partition coefficient (Wildman–Crippen LogP) is 3.35. The third-order valence-corrected chi connectivity index (χ3v) is 5.28. The Morgan fingerprint density at radius 1 is 1.20 bits per heavy atom. The molecule has 162 valence electrons. The standard InChI is InChI=1S/C23H29NO6/c1-16-13-21(17(2)24(16)10-12-27-3)22(25)15-30-23(26)18-6-8-19(9-7-18)29-14-20-5-4-11-28-20/h6-9,13,20H,4-5,10-12,14-15H2,1-3H3/t20-/m0/s1. The molecular weight excluding hydrogens is 386 g/mol. The quantitative estimate of drug-likeness (QED) is 0.438. The fraction of sp³-hybridized carbons (Fsp3) is 0.478. The molecule has 2 aromatic rings. The Balaban J connectivity index is 1.51. The summed E-state index contributed by atoms with van der Waals surface area (Å²) in [6.07, 6.45) is 2.21. The minimum absolute atomic E-state index is 0.136. The van der Waals surface area contributed by atoms with E-state index in [-0.39, 0.29) is 18.5 Å². The molecule has 0 N–H and O–H groups in total. The first kappa shape index (κ1) is 22.1. The third-order valence-electron chi connectivity index (χ3n) is 5.28. The van der Waals surface area contributed by atoms with Gasteiger partial charge in [-0.05, 0) is 57.0 Å². The minimum Gasteiger partial charge on any atom is -0.491 e. The van der Waals surface area contributed by atoms with Crippen LogP contribution in [0.5, 0.6) is 5.75 Å². The van der Waals surface area contributed by atoms with Gasteiger partial charge in [0.2, 0.25) is 5.78 Å². The van der Waals surface area contributed by atoms with Crippen molar-refractivity contribution < 1.29 is 28.5 Å². The second kappa shape index (κ2) is 10.4. The highest BCUT2D eigenvalue weighted by molar-refractivity contribution is 6.00. The maximum absolute atomic E-state index is 12.6.